The van der Waals surface area contributed by atoms with E-state index in [-0.39, 0.29) is 11.9 Å². The maximum atomic E-state index is 12.5. The van der Waals surface area contributed by atoms with E-state index in [0.717, 1.165) is 16.7 Å². The molecule has 4 nitrogen and oxygen atoms in total. The number of carbonyl (C=O) groups is 1. The number of hydrogen-bond acceptors (Lipinski definition) is 2. The van der Waals surface area contributed by atoms with Gasteiger partial charge in [-0.05, 0) is 30.2 Å². The van der Waals surface area contributed by atoms with Gasteiger partial charge in [0.1, 0.15) is 5.69 Å². The minimum atomic E-state index is -0.0916. The molecular weight excluding hydrogens is 286 g/mol. The normalized spacial score (nSPS) is 11.9. The molecule has 1 N–H and O–H groups in total. The first-order chi connectivity index (χ1) is 11.1. The second kappa shape index (κ2) is 6.48. The molecule has 0 aliphatic heterocycles. The number of pyridine rings is 1. The number of nitrogens with zero attached hydrogens (tertiary/aromatic N) is 2. The second-order valence-corrected chi connectivity index (χ2v) is 5.57. The average Bonchev–Trinajstić information content (AvgIpc) is 2.98. The molecule has 2 aromatic heterocycles. The maximum Gasteiger partial charge on any atom is 0.268 e. The van der Waals surface area contributed by atoms with E-state index in [0.29, 0.717) is 5.69 Å². The molecule has 1 atom stereocenters. The van der Waals surface area contributed by atoms with Crippen molar-refractivity contribution in [1.29, 1.82) is 0 Å². The zero-order valence-electron chi connectivity index (χ0n) is 13.2. The third-order valence-electron chi connectivity index (χ3n) is 3.88. The molecule has 0 aliphatic carbocycles. The van der Waals surface area contributed by atoms with Crippen LogP contribution in [0, 0.1) is 0 Å². The molecule has 3 aromatic rings. The molecule has 116 valence electrons. The van der Waals surface area contributed by atoms with E-state index >= 15 is 0 Å². The number of aromatic nitrogens is 2. The van der Waals surface area contributed by atoms with Gasteiger partial charge in [0.05, 0.1) is 6.04 Å². The van der Waals surface area contributed by atoms with Crippen molar-refractivity contribution in [3.63, 3.8) is 0 Å². The van der Waals surface area contributed by atoms with Crippen LogP contribution in [0.25, 0.3) is 11.1 Å². The van der Waals surface area contributed by atoms with Crippen LogP contribution in [0.1, 0.15) is 29.0 Å². The van der Waals surface area contributed by atoms with Gasteiger partial charge in [-0.1, -0.05) is 36.4 Å². The van der Waals surface area contributed by atoms with Gasteiger partial charge in [0.2, 0.25) is 0 Å². The van der Waals surface area contributed by atoms with Gasteiger partial charge < -0.3 is 9.88 Å². The summed E-state index contributed by atoms with van der Waals surface area (Å²) in [5.41, 5.74) is 3.76. The van der Waals surface area contributed by atoms with Crippen molar-refractivity contribution >= 4 is 5.91 Å². The van der Waals surface area contributed by atoms with Crippen molar-refractivity contribution in [1.82, 2.24) is 14.9 Å². The van der Waals surface area contributed by atoms with Crippen molar-refractivity contribution in [3.05, 3.63) is 78.4 Å². The van der Waals surface area contributed by atoms with E-state index in [1.165, 1.54) is 0 Å². The van der Waals surface area contributed by atoms with E-state index in [1.807, 2.05) is 73.3 Å². The predicted octanol–water partition coefficient (Wildman–Crippen LogP) is 3.58. The van der Waals surface area contributed by atoms with Crippen LogP contribution in [0.15, 0.2) is 67.1 Å². The van der Waals surface area contributed by atoms with E-state index in [9.17, 15) is 4.79 Å². The van der Waals surface area contributed by atoms with Crippen LogP contribution in [0.5, 0.6) is 0 Å². The highest BCUT2D eigenvalue weighted by Gasteiger charge is 2.15. The van der Waals surface area contributed by atoms with Crippen molar-refractivity contribution in [3.8, 4) is 11.1 Å². The number of rotatable bonds is 4. The fourth-order valence-electron chi connectivity index (χ4n) is 2.56. The van der Waals surface area contributed by atoms with Crippen LogP contribution >= 0.6 is 0 Å². The maximum absolute atomic E-state index is 12.5. The fraction of sp³-hybridized carbons (Fsp3) is 0.158. The van der Waals surface area contributed by atoms with Crippen LogP contribution in [-0.4, -0.2) is 15.5 Å². The van der Waals surface area contributed by atoms with Gasteiger partial charge in [0.25, 0.3) is 5.91 Å². The minimum Gasteiger partial charge on any atom is -0.346 e. The summed E-state index contributed by atoms with van der Waals surface area (Å²) >= 11 is 0. The third kappa shape index (κ3) is 3.31. The molecule has 23 heavy (non-hydrogen) atoms. The summed E-state index contributed by atoms with van der Waals surface area (Å²) in [6.45, 7) is 1.95. The lowest BCUT2D eigenvalue weighted by molar-refractivity contribution is 0.0931. The summed E-state index contributed by atoms with van der Waals surface area (Å²) < 4.78 is 1.85. The minimum absolute atomic E-state index is 0.0914. The van der Waals surface area contributed by atoms with Crippen LogP contribution in [0.3, 0.4) is 0 Å². The molecule has 0 bridgehead atoms. The summed E-state index contributed by atoms with van der Waals surface area (Å²) in [4.78, 5) is 16.6. The van der Waals surface area contributed by atoms with E-state index in [4.69, 9.17) is 0 Å². The fourth-order valence-corrected chi connectivity index (χ4v) is 2.56. The first-order valence-electron chi connectivity index (χ1n) is 7.57. The highest BCUT2D eigenvalue weighted by Crippen LogP contribution is 2.22. The number of benzene rings is 1. The molecule has 4 heteroatoms. The zero-order valence-corrected chi connectivity index (χ0v) is 13.2. The Balaban J connectivity index is 1.79. The first kappa shape index (κ1) is 15.0. The Labute approximate surface area is 135 Å². The molecule has 0 radical (unpaired) electrons. The molecule has 1 aromatic carbocycles. The number of hydrogen-bond donors (Lipinski definition) is 1. The summed E-state index contributed by atoms with van der Waals surface area (Å²) in [5, 5.41) is 3.02. The Morgan fingerprint density at radius 1 is 1.13 bits per heavy atom. The Kier molecular flexibility index (Phi) is 4.24. The molecule has 0 spiro atoms. The smallest absolute Gasteiger partial charge is 0.268 e. The topological polar surface area (TPSA) is 46.9 Å². The Morgan fingerprint density at radius 3 is 2.61 bits per heavy atom. The van der Waals surface area contributed by atoms with Gasteiger partial charge >= 0.3 is 0 Å². The van der Waals surface area contributed by atoms with Crippen LogP contribution in [0.2, 0.25) is 0 Å². The van der Waals surface area contributed by atoms with E-state index < -0.39 is 0 Å². The highest BCUT2D eigenvalue weighted by molar-refractivity contribution is 5.94. The van der Waals surface area contributed by atoms with Gasteiger partial charge in [-0.15, -0.1) is 0 Å². The number of amides is 1. The molecule has 0 aliphatic rings. The van der Waals surface area contributed by atoms with Gasteiger partial charge in [-0.2, -0.15) is 0 Å². The number of carbonyl (C=O) groups excluding carboxylic acids is 1. The van der Waals surface area contributed by atoms with Crippen LogP contribution in [0.4, 0.5) is 0 Å². The van der Waals surface area contributed by atoms with Crippen LogP contribution in [-0.2, 0) is 7.05 Å². The van der Waals surface area contributed by atoms with Crippen LogP contribution < -0.4 is 5.32 Å². The van der Waals surface area contributed by atoms with Gasteiger partial charge in [0, 0.05) is 31.2 Å². The summed E-state index contributed by atoms with van der Waals surface area (Å²) in [6.07, 6.45) is 5.46. The number of aryl methyl sites for hydroxylation is 1. The Hall–Kier alpha value is -2.88. The molecular formula is C19H19N3O. The highest BCUT2D eigenvalue weighted by atomic mass is 16.2. The quantitative estimate of drug-likeness (QED) is 0.801. The SMILES string of the molecule is CC(NC(=O)c1cc(-c2ccccc2)cn1C)c1cccnc1. The van der Waals surface area contributed by atoms with E-state index in [2.05, 4.69) is 10.3 Å². The lowest BCUT2D eigenvalue weighted by Gasteiger charge is -2.14. The molecule has 0 saturated heterocycles. The van der Waals surface area contributed by atoms with Crippen molar-refractivity contribution in [2.75, 3.05) is 0 Å². The predicted molar refractivity (Wildman–Crippen MR) is 91.0 cm³/mol. The standard InChI is InChI=1S/C19H19N3O/c1-14(16-9-6-10-20-12-16)21-19(23)18-11-17(13-22(18)2)15-7-4-3-5-8-15/h3-14H,1-2H3,(H,21,23). The lowest BCUT2D eigenvalue weighted by Crippen LogP contribution is -2.28. The number of nitrogens with one attached hydrogen (secondary N) is 1. The largest absolute Gasteiger partial charge is 0.346 e. The molecule has 0 saturated carbocycles. The second-order valence-electron chi connectivity index (χ2n) is 5.57. The third-order valence-corrected chi connectivity index (χ3v) is 3.88. The lowest BCUT2D eigenvalue weighted by atomic mass is 10.1. The first-order valence-corrected chi connectivity index (χ1v) is 7.57. The van der Waals surface area contributed by atoms with Gasteiger partial charge in [-0.25, -0.2) is 0 Å². The zero-order chi connectivity index (χ0) is 16.2. The summed E-state index contributed by atoms with van der Waals surface area (Å²) in [6, 6.07) is 15.7. The monoisotopic (exact) mass is 305 g/mol. The van der Waals surface area contributed by atoms with Crippen molar-refractivity contribution in [2.45, 2.75) is 13.0 Å². The molecule has 2 heterocycles. The van der Waals surface area contributed by atoms with Crippen molar-refractivity contribution < 1.29 is 4.79 Å². The van der Waals surface area contributed by atoms with Gasteiger partial charge in [0.15, 0.2) is 0 Å². The molecule has 3 rings (SSSR count). The summed E-state index contributed by atoms with van der Waals surface area (Å²) in [7, 11) is 1.89. The average molecular weight is 305 g/mol. The Bertz CT molecular complexity index is 794. The molecule has 1 amide bonds. The Morgan fingerprint density at radius 2 is 1.91 bits per heavy atom. The molecule has 0 fully saturated rings. The van der Waals surface area contributed by atoms with Gasteiger partial charge in [-0.3, -0.25) is 9.78 Å². The molecule has 1 unspecified atom stereocenters. The summed E-state index contributed by atoms with van der Waals surface area (Å²) in [5.74, 6) is -0.0916. The van der Waals surface area contributed by atoms with E-state index in [1.54, 1.807) is 12.4 Å². The van der Waals surface area contributed by atoms with Crippen molar-refractivity contribution in [2.24, 2.45) is 7.05 Å².